The van der Waals surface area contributed by atoms with Gasteiger partial charge in [-0.15, -0.1) is 0 Å². The Balaban J connectivity index is 2.23. The third-order valence-corrected chi connectivity index (χ3v) is 4.04. The van der Waals surface area contributed by atoms with Gasteiger partial charge in [0.25, 0.3) is 0 Å². The third kappa shape index (κ3) is 5.24. The maximum atomic E-state index is 11.9. The molecule has 0 aromatic heterocycles. The number of carboxylic acid groups (broad SMARTS) is 1. The summed E-state index contributed by atoms with van der Waals surface area (Å²) in [7, 11) is 0. The van der Waals surface area contributed by atoms with Gasteiger partial charge in [-0.1, -0.05) is 25.1 Å². The molecule has 2 rings (SSSR count). The van der Waals surface area contributed by atoms with Gasteiger partial charge in [0, 0.05) is 0 Å². The number of ether oxygens (including phenoxy) is 2. The smallest absolute Gasteiger partial charge is 0.311 e. The largest absolute Gasteiger partial charge is 0.494 e. The lowest BCUT2D eigenvalue weighted by molar-refractivity contribution is -0.138. The molecule has 0 aliphatic rings. The van der Waals surface area contributed by atoms with Crippen molar-refractivity contribution in [1.29, 1.82) is 0 Å². The number of carboxylic acids is 1. The third-order valence-electron chi connectivity index (χ3n) is 4.04. The fraction of sp³-hybridized carbons (Fsp3) is 0.381. The summed E-state index contributed by atoms with van der Waals surface area (Å²) in [6.07, 6.45) is 1.36. The van der Waals surface area contributed by atoms with Crippen molar-refractivity contribution in [2.24, 2.45) is 0 Å². The average Bonchev–Trinajstić information content (AvgIpc) is 2.59. The van der Waals surface area contributed by atoms with Gasteiger partial charge in [-0.3, -0.25) is 4.79 Å². The van der Waals surface area contributed by atoms with E-state index in [9.17, 15) is 9.90 Å². The Morgan fingerprint density at radius 2 is 1.84 bits per heavy atom. The highest BCUT2D eigenvalue weighted by molar-refractivity contribution is 5.77. The summed E-state index contributed by atoms with van der Waals surface area (Å²) in [6, 6.07) is 13.3. The van der Waals surface area contributed by atoms with Crippen LogP contribution in [0.2, 0.25) is 0 Å². The molecule has 0 spiro atoms. The van der Waals surface area contributed by atoms with Crippen molar-refractivity contribution in [2.75, 3.05) is 13.2 Å². The van der Waals surface area contributed by atoms with Crippen molar-refractivity contribution in [3.63, 3.8) is 0 Å². The van der Waals surface area contributed by atoms with E-state index in [0.29, 0.717) is 19.6 Å². The zero-order valence-corrected chi connectivity index (χ0v) is 15.1. The zero-order chi connectivity index (χ0) is 18.2. The topological polar surface area (TPSA) is 55.8 Å². The summed E-state index contributed by atoms with van der Waals surface area (Å²) in [6.45, 7) is 7.16. The fourth-order valence-corrected chi connectivity index (χ4v) is 2.84. The first-order valence-corrected chi connectivity index (χ1v) is 8.73. The van der Waals surface area contributed by atoms with Crippen molar-refractivity contribution in [1.82, 2.24) is 0 Å². The Kier molecular flexibility index (Phi) is 6.87. The van der Waals surface area contributed by atoms with Gasteiger partial charge in [0.15, 0.2) is 0 Å². The first-order chi connectivity index (χ1) is 12.0. The fourth-order valence-electron chi connectivity index (χ4n) is 2.84. The number of aryl methyl sites for hydroxylation is 1. The van der Waals surface area contributed by atoms with Gasteiger partial charge >= 0.3 is 5.97 Å². The van der Waals surface area contributed by atoms with Gasteiger partial charge in [-0.25, -0.2) is 0 Å². The molecule has 0 amide bonds. The predicted octanol–water partition coefficient (Wildman–Crippen LogP) is 4.59. The lowest BCUT2D eigenvalue weighted by atomic mass is 9.89. The molecule has 0 saturated heterocycles. The van der Waals surface area contributed by atoms with Crippen LogP contribution < -0.4 is 9.47 Å². The summed E-state index contributed by atoms with van der Waals surface area (Å²) >= 11 is 0. The molecule has 4 nitrogen and oxygen atoms in total. The van der Waals surface area contributed by atoms with Crippen molar-refractivity contribution in [2.45, 2.75) is 39.5 Å². The second kappa shape index (κ2) is 9.11. The Bertz CT molecular complexity index is 709. The predicted molar refractivity (Wildman–Crippen MR) is 98.7 cm³/mol. The Hall–Kier alpha value is -2.49. The minimum atomic E-state index is -0.827. The van der Waals surface area contributed by atoms with Gasteiger partial charge in [0.2, 0.25) is 0 Å². The average molecular weight is 342 g/mol. The molecule has 0 heterocycles. The van der Waals surface area contributed by atoms with Gasteiger partial charge in [-0.05, 0) is 67.6 Å². The number of rotatable bonds is 9. The molecule has 2 aromatic rings. The van der Waals surface area contributed by atoms with Crippen LogP contribution in [0.5, 0.6) is 11.5 Å². The van der Waals surface area contributed by atoms with Crippen LogP contribution in [-0.2, 0) is 11.2 Å². The maximum absolute atomic E-state index is 11.9. The van der Waals surface area contributed by atoms with E-state index >= 15 is 0 Å². The van der Waals surface area contributed by atoms with Crippen LogP contribution in [-0.4, -0.2) is 24.3 Å². The Labute approximate surface area is 149 Å². The van der Waals surface area contributed by atoms with Gasteiger partial charge in [0.1, 0.15) is 11.5 Å². The second-order valence-electron chi connectivity index (χ2n) is 6.04. The van der Waals surface area contributed by atoms with E-state index in [1.165, 1.54) is 0 Å². The second-order valence-corrected chi connectivity index (χ2v) is 6.04. The highest BCUT2D eigenvalue weighted by Crippen LogP contribution is 2.28. The van der Waals surface area contributed by atoms with Crippen LogP contribution >= 0.6 is 0 Å². The monoisotopic (exact) mass is 342 g/mol. The van der Waals surface area contributed by atoms with E-state index in [1.54, 1.807) is 0 Å². The minimum Gasteiger partial charge on any atom is -0.494 e. The number of benzene rings is 2. The van der Waals surface area contributed by atoms with E-state index in [0.717, 1.165) is 34.6 Å². The zero-order valence-electron chi connectivity index (χ0n) is 15.1. The van der Waals surface area contributed by atoms with Crippen molar-refractivity contribution in [3.05, 3.63) is 59.2 Å². The van der Waals surface area contributed by atoms with Crippen LogP contribution in [0.1, 0.15) is 42.9 Å². The molecule has 134 valence electrons. The standard InChI is InChI=1S/C21H26O4/c1-4-11-25-18-9-10-19(15(3)12-18)20(21(22)23)14-16-7-6-8-17(13-16)24-5-2/h6-10,12-13,20H,4-5,11,14H2,1-3H3,(H,22,23). The molecular weight excluding hydrogens is 316 g/mol. The minimum absolute atomic E-state index is 0.423. The molecule has 0 saturated carbocycles. The molecule has 2 aromatic carbocycles. The quantitative estimate of drug-likeness (QED) is 0.724. The number of aliphatic carboxylic acids is 1. The van der Waals surface area contributed by atoms with Gasteiger partial charge in [-0.2, -0.15) is 0 Å². The van der Waals surface area contributed by atoms with E-state index in [1.807, 2.05) is 56.3 Å². The molecule has 0 aliphatic heterocycles. The SMILES string of the molecule is CCCOc1ccc(C(Cc2cccc(OCC)c2)C(=O)O)c(C)c1. The van der Waals surface area contributed by atoms with E-state index in [-0.39, 0.29) is 0 Å². The lowest BCUT2D eigenvalue weighted by Crippen LogP contribution is -2.16. The molecule has 1 unspecified atom stereocenters. The van der Waals surface area contributed by atoms with E-state index in [4.69, 9.17) is 9.47 Å². The molecule has 25 heavy (non-hydrogen) atoms. The summed E-state index contributed by atoms with van der Waals surface area (Å²) in [5.74, 6) is 0.124. The Morgan fingerprint density at radius 3 is 2.48 bits per heavy atom. The molecule has 0 aliphatic carbocycles. The van der Waals surface area contributed by atoms with Crippen LogP contribution in [0.25, 0.3) is 0 Å². The van der Waals surface area contributed by atoms with Crippen molar-refractivity contribution in [3.8, 4) is 11.5 Å². The van der Waals surface area contributed by atoms with Gasteiger partial charge < -0.3 is 14.6 Å². The molecule has 0 bridgehead atoms. The normalized spacial score (nSPS) is 11.8. The highest BCUT2D eigenvalue weighted by atomic mass is 16.5. The Morgan fingerprint density at radius 1 is 1.08 bits per heavy atom. The molecular formula is C21H26O4. The van der Waals surface area contributed by atoms with Gasteiger partial charge in [0.05, 0.1) is 19.1 Å². The number of hydrogen-bond acceptors (Lipinski definition) is 3. The van der Waals surface area contributed by atoms with Crippen LogP contribution in [0.3, 0.4) is 0 Å². The molecule has 0 fully saturated rings. The molecule has 1 atom stereocenters. The molecule has 0 radical (unpaired) electrons. The first kappa shape index (κ1) is 18.8. The summed E-state index contributed by atoms with van der Waals surface area (Å²) in [5, 5.41) is 9.73. The summed E-state index contributed by atoms with van der Waals surface area (Å²) in [4.78, 5) is 11.9. The van der Waals surface area contributed by atoms with Crippen LogP contribution in [0, 0.1) is 6.92 Å². The first-order valence-electron chi connectivity index (χ1n) is 8.73. The van der Waals surface area contributed by atoms with E-state index in [2.05, 4.69) is 6.92 Å². The summed E-state index contributed by atoms with van der Waals surface area (Å²) in [5.41, 5.74) is 2.70. The molecule has 1 N–H and O–H groups in total. The number of carbonyl (C=O) groups is 1. The lowest BCUT2D eigenvalue weighted by Gasteiger charge is -2.17. The summed E-state index contributed by atoms with van der Waals surface area (Å²) < 4.78 is 11.1. The molecule has 4 heteroatoms. The van der Waals surface area contributed by atoms with Crippen molar-refractivity contribution < 1.29 is 19.4 Å². The highest BCUT2D eigenvalue weighted by Gasteiger charge is 2.22. The number of hydrogen-bond donors (Lipinski definition) is 1. The maximum Gasteiger partial charge on any atom is 0.311 e. The van der Waals surface area contributed by atoms with E-state index < -0.39 is 11.9 Å². The van der Waals surface area contributed by atoms with Crippen molar-refractivity contribution >= 4 is 5.97 Å². The van der Waals surface area contributed by atoms with Crippen LogP contribution in [0.15, 0.2) is 42.5 Å². The van der Waals surface area contributed by atoms with Crippen LogP contribution in [0.4, 0.5) is 0 Å².